The van der Waals surface area contributed by atoms with Gasteiger partial charge in [-0.15, -0.1) is 34.0 Å². The molecule has 10 aromatic carbocycles. The molecule has 0 N–H and O–H groups in total. The maximum atomic E-state index is 2.63. The molecule has 0 saturated heterocycles. The highest BCUT2D eigenvalue weighted by atomic mass is 32.1. The van der Waals surface area contributed by atoms with Gasteiger partial charge in [-0.3, -0.25) is 0 Å². The minimum Gasteiger partial charge on any atom is -0.310 e. The molecule has 3 aliphatic rings. The molecule has 0 radical (unpaired) electrons. The van der Waals surface area contributed by atoms with Gasteiger partial charge < -0.3 is 9.47 Å². The van der Waals surface area contributed by atoms with E-state index in [0.29, 0.717) is 0 Å². The quantitative estimate of drug-likeness (QED) is 0.167. The van der Waals surface area contributed by atoms with Gasteiger partial charge in [-0.2, -0.15) is 0 Å². The molecule has 0 saturated carbocycles. The predicted octanol–water partition coefficient (Wildman–Crippen LogP) is 19.8. The molecule has 0 atom stereocenters. The molecule has 0 amide bonds. The first-order chi connectivity index (χ1) is 37.6. The number of aromatic nitrogens is 1. The average molecular weight is 1020 g/mol. The maximum Gasteiger partial charge on any atom is 0.0777 e. The van der Waals surface area contributed by atoms with Crippen LogP contribution in [0.2, 0.25) is 0 Å². The normalized spacial score (nSPS) is 14.3. The number of anilines is 3. The minimum absolute atomic E-state index is 0.572. The molecular formula is C71H44N2S3. The van der Waals surface area contributed by atoms with Crippen LogP contribution in [-0.4, -0.2) is 4.57 Å². The smallest absolute Gasteiger partial charge is 0.0777 e. The van der Waals surface area contributed by atoms with Gasteiger partial charge in [0.1, 0.15) is 0 Å². The van der Waals surface area contributed by atoms with Crippen LogP contribution in [0.4, 0.5) is 17.1 Å². The van der Waals surface area contributed by atoms with Crippen molar-refractivity contribution >= 4 is 93.1 Å². The number of fused-ring (bicyclic) bond motifs is 19. The molecule has 76 heavy (non-hydrogen) atoms. The predicted molar refractivity (Wildman–Crippen MR) is 322 cm³/mol. The average Bonchev–Trinajstić information content (AvgIpc) is 4.52. The Bertz CT molecular complexity index is 4660. The Balaban J connectivity index is 1.000. The molecule has 14 aromatic rings. The number of nitrogens with zero attached hydrogens (tertiary/aromatic N) is 2. The number of benzene rings is 10. The van der Waals surface area contributed by atoms with Crippen molar-refractivity contribution in [2.24, 2.45) is 0 Å². The van der Waals surface area contributed by atoms with Crippen LogP contribution in [0.5, 0.6) is 0 Å². The lowest BCUT2D eigenvalue weighted by atomic mass is 9.62. The van der Waals surface area contributed by atoms with E-state index < -0.39 is 10.8 Å². The number of aryl methyl sites for hydroxylation is 1. The molecule has 5 heterocycles. The van der Waals surface area contributed by atoms with Crippen LogP contribution in [0.1, 0.15) is 50.1 Å². The van der Waals surface area contributed by atoms with Crippen molar-refractivity contribution in [2.45, 2.75) is 17.8 Å². The van der Waals surface area contributed by atoms with Crippen LogP contribution in [0.3, 0.4) is 0 Å². The second-order valence-corrected chi connectivity index (χ2v) is 23.7. The van der Waals surface area contributed by atoms with Crippen molar-refractivity contribution in [3.63, 3.8) is 0 Å². The van der Waals surface area contributed by atoms with Gasteiger partial charge in [0, 0.05) is 57.6 Å². The van der Waals surface area contributed by atoms with Crippen molar-refractivity contribution in [3.05, 3.63) is 297 Å². The van der Waals surface area contributed by atoms with Crippen molar-refractivity contribution in [2.75, 3.05) is 4.90 Å². The Morgan fingerprint density at radius 3 is 1.82 bits per heavy atom. The van der Waals surface area contributed by atoms with Gasteiger partial charge in [-0.25, -0.2) is 0 Å². The van der Waals surface area contributed by atoms with Gasteiger partial charge in [0.05, 0.1) is 33.2 Å². The summed E-state index contributed by atoms with van der Waals surface area (Å²) < 4.78 is 5.11. The molecule has 2 nitrogen and oxygen atoms in total. The van der Waals surface area contributed by atoms with E-state index in [1.165, 1.54) is 141 Å². The second-order valence-electron chi connectivity index (χ2n) is 20.8. The summed E-state index contributed by atoms with van der Waals surface area (Å²) in [6, 6.07) is 90.2. The molecule has 5 heteroatoms. The third-order valence-electron chi connectivity index (χ3n) is 17.1. The zero-order valence-electron chi connectivity index (χ0n) is 41.3. The molecule has 2 aliphatic carbocycles. The zero-order valence-corrected chi connectivity index (χ0v) is 43.7. The molecular weight excluding hydrogens is 977 g/mol. The molecule has 1 spiro atoms. The zero-order chi connectivity index (χ0) is 49.9. The number of hydrogen-bond donors (Lipinski definition) is 0. The Labute approximate surface area is 452 Å². The van der Waals surface area contributed by atoms with Crippen molar-refractivity contribution in [1.82, 2.24) is 4.57 Å². The van der Waals surface area contributed by atoms with E-state index in [2.05, 4.69) is 264 Å². The molecule has 356 valence electrons. The van der Waals surface area contributed by atoms with Crippen LogP contribution >= 0.6 is 34.0 Å². The lowest BCUT2D eigenvalue weighted by molar-refractivity contribution is 0.744. The standard InChI is InChI=1S/C71H44N2S3/c1-43-15-14-16-44(39-43)45-27-30-56-63(40-45)73(48-28-32-61-53(41-48)50-21-9-12-25-60(50)72(61)49-29-34-65-54(42-49)51-22-10-13-26-64(51)76-65)62-33-31-57-66(67(62)71(56)58-35-37-74-68(58)69-59(71)36-38-75-69)52-23-8-11-24-55(52)70(57,46-17-4-2-5-18-46)47-19-6-3-7-20-47/h2-42H,1H3. The summed E-state index contributed by atoms with van der Waals surface area (Å²) in [5.41, 5.74) is 22.7. The monoisotopic (exact) mass is 1020 g/mol. The summed E-state index contributed by atoms with van der Waals surface area (Å²) in [5, 5.41) is 9.73. The highest BCUT2D eigenvalue weighted by Crippen LogP contribution is 2.70. The first-order valence-corrected chi connectivity index (χ1v) is 28.7. The Kier molecular flexibility index (Phi) is 8.85. The van der Waals surface area contributed by atoms with Crippen LogP contribution in [0, 0.1) is 6.92 Å². The van der Waals surface area contributed by atoms with Crippen molar-refractivity contribution < 1.29 is 0 Å². The van der Waals surface area contributed by atoms with Gasteiger partial charge in [0.15, 0.2) is 0 Å². The fourth-order valence-electron chi connectivity index (χ4n) is 14.2. The summed E-state index contributed by atoms with van der Waals surface area (Å²) >= 11 is 5.64. The third-order valence-corrected chi connectivity index (χ3v) is 20.2. The first kappa shape index (κ1) is 42.7. The summed E-state index contributed by atoms with van der Waals surface area (Å²) in [6.07, 6.45) is 0. The molecule has 0 unspecified atom stereocenters. The lowest BCUT2D eigenvalue weighted by Crippen LogP contribution is -2.37. The molecule has 4 aromatic heterocycles. The molecule has 17 rings (SSSR count). The summed E-state index contributed by atoms with van der Waals surface area (Å²) in [5.74, 6) is 0. The summed E-state index contributed by atoms with van der Waals surface area (Å²) in [4.78, 5) is 5.39. The van der Waals surface area contributed by atoms with E-state index in [1.54, 1.807) is 0 Å². The Morgan fingerprint density at radius 2 is 1.03 bits per heavy atom. The Morgan fingerprint density at radius 1 is 0.382 bits per heavy atom. The molecule has 0 fully saturated rings. The lowest BCUT2D eigenvalue weighted by Gasteiger charge is -2.46. The Hall–Kier alpha value is -8.58. The molecule has 1 aliphatic heterocycles. The van der Waals surface area contributed by atoms with Gasteiger partial charge in [-0.1, -0.05) is 169 Å². The van der Waals surface area contributed by atoms with Gasteiger partial charge in [0.25, 0.3) is 0 Å². The van der Waals surface area contributed by atoms with E-state index in [9.17, 15) is 0 Å². The highest BCUT2D eigenvalue weighted by molar-refractivity contribution is 7.25. The SMILES string of the molecule is Cc1cccc(-c2ccc3c(c2)N(c2ccc4c(c2)c2ccccc2n4-c2ccc4sc5ccccc5c4c2)c2ccc4c(c2C32c3ccsc3-c3sccc32)-c2ccccc2C4(c2ccccc2)c2ccccc2)c1. The van der Waals surface area contributed by atoms with Crippen LogP contribution in [0.25, 0.3) is 79.7 Å². The third kappa shape index (κ3) is 5.49. The van der Waals surface area contributed by atoms with Gasteiger partial charge in [-0.05, 0) is 152 Å². The van der Waals surface area contributed by atoms with Gasteiger partial charge in [0.2, 0.25) is 0 Å². The fraction of sp³-hybridized carbons (Fsp3) is 0.0423. The topological polar surface area (TPSA) is 8.17 Å². The first-order valence-electron chi connectivity index (χ1n) is 26.1. The summed E-state index contributed by atoms with van der Waals surface area (Å²) in [7, 11) is 0. The van der Waals surface area contributed by atoms with E-state index in [-0.39, 0.29) is 0 Å². The largest absolute Gasteiger partial charge is 0.310 e. The van der Waals surface area contributed by atoms with Crippen molar-refractivity contribution in [3.8, 4) is 37.7 Å². The number of hydrogen-bond acceptors (Lipinski definition) is 4. The van der Waals surface area contributed by atoms with Crippen molar-refractivity contribution in [1.29, 1.82) is 0 Å². The highest BCUT2D eigenvalue weighted by Gasteiger charge is 2.57. The number of rotatable bonds is 5. The van der Waals surface area contributed by atoms with E-state index in [4.69, 9.17) is 0 Å². The summed E-state index contributed by atoms with van der Waals surface area (Å²) in [6.45, 7) is 2.20. The fourth-order valence-corrected chi connectivity index (χ4v) is 17.4. The van der Waals surface area contributed by atoms with Crippen LogP contribution in [-0.2, 0) is 10.8 Å². The van der Waals surface area contributed by atoms with E-state index in [1.807, 2.05) is 34.0 Å². The van der Waals surface area contributed by atoms with Crippen LogP contribution in [0.15, 0.2) is 247 Å². The number of thiophene rings is 3. The van der Waals surface area contributed by atoms with Gasteiger partial charge >= 0.3 is 0 Å². The minimum atomic E-state index is -0.622. The second kappa shape index (κ2) is 15.7. The molecule has 0 bridgehead atoms. The van der Waals surface area contributed by atoms with E-state index in [0.717, 1.165) is 5.69 Å². The maximum absolute atomic E-state index is 2.63. The number of para-hydroxylation sites is 1. The van der Waals surface area contributed by atoms with Crippen LogP contribution < -0.4 is 4.90 Å². The van der Waals surface area contributed by atoms with E-state index >= 15 is 0 Å².